The van der Waals surface area contributed by atoms with Crippen molar-refractivity contribution in [2.45, 2.75) is 6.42 Å². The molecule has 0 amide bonds. The van der Waals surface area contributed by atoms with E-state index >= 15 is 0 Å². The van der Waals surface area contributed by atoms with E-state index < -0.39 is 0 Å². The number of aromatic nitrogens is 1. The Hall–Kier alpha value is -1.29. The summed E-state index contributed by atoms with van der Waals surface area (Å²) in [6.45, 7) is 0.554. The van der Waals surface area contributed by atoms with Gasteiger partial charge in [-0.3, -0.25) is 0 Å². The molecule has 0 aliphatic rings. The molecule has 0 saturated carbocycles. The van der Waals surface area contributed by atoms with Gasteiger partial charge < -0.3 is 15.2 Å². The lowest BCUT2D eigenvalue weighted by molar-refractivity contribution is 0.373. The third-order valence-electron chi connectivity index (χ3n) is 1.78. The Kier molecular flexibility index (Phi) is 3.52. The highest BCUT2D eigenvalue weighted by Crippen LogP contribution is 2.25. The summed E-state index contributed by atoms with van der Waals surface area (Å²) in [5, 5.41) is 0. The molecule has 0 aliphatic carbocycles. The van der Waals surface area contributed by atoms with E-state index in [1.165, 1.54) is 0 Å². The second-order valence-electron chi connectivity index (χ2n) is 2.54. The third-order valence-corrected chi connectivity index (χ3v) is 1.78. The summed E-state index contributed by atoms with van der Waals surface area (Å²) >= 11 is 0. The van der Waals surface area contributed by atoms with Crippen molar-refractivity contribution in [1.29, 1.82) is 0 Å². The Bertz CT molecular complexity index is 254. The average Bonchev–Trinajstić information content (AvgIpc) is 2.18. The lowest BCUT2D eigenvalue weighted by Crippen LogP contribution is -2.06. The van der Waals surface area contributed by atoms with Crippen LogP contribution in [0.15, 0.2) is 12.3 Å². The summed E-state index contributed by atoms with van der Waals surface area (Å²) in [6.07, 6.45) is 2.36. The average molecular weight is 182 g/mol. The fraction of sp³-hybridized carbons (Fsp3) is 0.444. The molecule has 0 saturated heterocycles. The molecule has 4 heteroatoms. The SMILES string of the molecule is COc1ccnc(OC)c1CCN. The van der Waals surface area contributed by atoms with Crippen molar-refractivity contribution in [1.82, 2.24) is 4.98 Å². The van der Waals surface area contributed by atoms with Gasteiger partial charge in [0.05, 0.1) is 19.8 Å². The molecule has 0 bridgehead atoms. The summed E-state index contributed by atoms with van der Waals surface area (Å²) in [6, 6.07) is 1.80. The molecular formula is C9H14N2O2. The molecular weight excluding hydrogens is 168 g/mol. The van der Waals surface area contributed by atoms with E-state index in [4.69, 9.17) is 15.2 Å². The van der Waals surface area contributed by atoms with Gasteiger partial charge in [-0.1, -0.05) is 0 Å². The topological polar surface area (TPSA) is 57.4 Å². The number of rotatable bonds is 4. The van der Waals surface area contributed by atoms with E-state index in [0.29, 0.717) is 18.8 Å². The molecule has 4 nitrogen and oxygen atoms in total. The molecule has 0 aromatic carbocycles. The second-order valence-corrected chi connectivity index (χ2v) is 2.54. The van der Waals surface area contributed by atoms with Gasteiger partial charge >= 0.3 is 0 Å². The molecule has 0 aliphatic heterocycles. The molecule has 0 fully saturated rings. The summed E-state index contributed by atoms with van der Waals surface area (Å²) in [5.74, 6) is 1.36. The number of hydrogen-bond donors (Lipinski definition) is 1. The zero-order chi connectivity index (χ0) is 9.68. The van der Waals surface area contributed by atoms with Gasteiger partial charge in [0.15, 0.2) is 0 Å². The van der Waals surface area contributed by atoms with Crippen molar-refractivity contribution in [3.8, 4) is 11.6 Å². The maximum atomic E-state index is 5.47. The Balaban J connectivity index is 3.05. The minimum atomic E-state index is 0.554. The van der Waals surface area contributed by atoms with Gasteiger partial charge in [0.1, 0.15) is 5.75 Å². The first kappa shape index (κ1) is 9.80. The molecule has 0 atom stereocenters. The first-order valence-corrected chi connectivity index (χ1v) is 4.09. The van der Waals surface area contributed by atoms with Crippen LogP contribution in [0.25, 0.3) is 0 Å². The summed E-state index contributed by atoms with van der Waals surface area (Å²) in [7, 11) is 3.20. The maximum absolute atomic E-state index is 5.47. The predicted octanol–water partition coefficient (Wildman–Crippen LogP) is 0.600. The van der Waals surface area contributed by atoms with Gasteiger partial charge in [0.25, 0.3) is 0 Å². The minimum absolute atomic E-state index is 0.554. The van der Waals surface area contributed by atoms with Crippen LogP contribution in [0.5, 0.6) is 11.6 Å². The Morgan fingerprint density at radius 3 is 2.69 bits per heavy atom. The quantitative estimate of drug-likeness (QED) is 0.740. The van der Waals surface area contributed by atoms with E-state index in [-0.39, 0.29) is 0 Å². The highest BCUT2D eigenvalue weighted by molar-refractivity contribution is 5.39. The van der Waals surface area contributed by atoms with E-state index in [1.54, 1.807) is 26.5 Å². The van der Waals surface area contributed by atoms with E-state index in [0.717, 1.165) is 11.3 Å². The van der Waals surface area contributed by atoms with Crippen LogP contribution < -0.4 is 15.2 Å². The molecule has 1 heterocycles. The van der Waals surface area contributed by atoms with Crippen LogP contribution in [0, 0.1) is 0 Å². The standard InChI is InChI=1S/C9H14N2O2/c1-12-8-4-6-11-9(13-2)7(8)3-5-10/h4,6H,3,5,10H2,1-2H3. The van der Waals surface area contributed by atoms with E-state index in [2.05, 4.69) is 4.98 Å². The van der Waals surface area contributed by atoms with Crippen LogP contribution in [0.2, 0.25) is 0 Å². The van der Waals surface area contributed by atoms with Crippen molar-refractivity contribution in [3.63, 3.8) is 0 Å². The van der Waals surface area contributed by atoms with Crippen LogP contribution in [0.3, 0.4) is 0 Å². The van der Waals surface area contributed by atoms with Crippen LogP contribution in [0.1, 0.15) is 5.56 Å². The normalized spacial score (nSPS) is 9.77. The summed E-state index contributed by atoms with van der Waals surface area (Å²) < 4.78 is 10.3. The molecule has 0 radical (unpaired) electrons. The first-order chi connectivity index (χ1) is 6.33. The zero-order valence-corrected chi connectivity index (χ0v) is 7.91. The number of ether oxygens (including phenoxy) is 2. The van der Waals surface area contributed by atoms with E-state index in [9.17, 15) is 0 Å². The van der Waals surface area contributed by atoms with Crippen molar-refractivity contribution < 1.29 is 9.47 Å². The van der Waals surface area contributed by atoms with Crippen LogP contribution >= 0.6 is 0 Å². The number of methoxy groups -OCH3 is 2. The Morgan fingerprint density at radius 1 is 1.38 bits per heavy atom. The van der Waals surface area contributed by atoms with Crippen molar-refractivity contribution in [3.05, 3.63) is 17.8 Å². The number of pyridine rings is 1. The van der Waals surface area contributed by atoms with Gasteiger partial charge in [-0.05, 0) is 19.0 Å². The van der Waals surface area contributed by atoms with Crippen molar-refractivity contribution >= 4 is 0 Å². The lowest BCUT2D eigenvalue weighted by atomic mass is 10.2. The number of nitrogens with zero attached hydrogens (tertiary/aromatic N) is 1. The van der Waals surface area contributed by atoms with Gasteiger partial charge in [-0.15, -0.1) is 0 Å². The Morgan fingerprint density at radius 2 is 2.15 bits per heavy atom. The zero-order valence-electron chi connectivity index (χ0n) is 7.91. The monoisotopic (exact) mass is 182 g/mol. The molecule has 2 N–H and O–H groups in total. The first-order valence-electron chi connectivity index (χ1n) is 4.09. The Labute approximate surface area is 77.7 Å². The van der Waals surface area contributed by atoms with Gasteiger partial charge in [0, 0.05) is 6.20 Å². The number of nitrogens with two attached hydrogens (primary N) is 1. The molecule has 1 rings (SSSR count). The largest absolute Gasteiger partial charge is 0.496 e. The smallest absolute Gasteiger partial charge is 0.220 e. The fourth-order valence-corrected chi connectivity index (χ4v) is 1.20. The lowest BCUT2D eigenvalue weighted by Gasteiger charge is -2.10. The highest BCUT2D eigenvalue weighted by atomic mass is 16.5. The van der Waals surface area contributed by atoms with Gasteiger partial charge in [-0.25, -0.2) is 4.98 Å². The number of hydrogen-bond acceptors (Lipinski definition) is 4. The summed E-state index contributed by atoms with van der Waals surface area (Å²) in [4.78, 5) is 4.07. The predicted molar refractivity (Wildman–Crippen MR) is 50.1 cm³/mol. The minimum Gasteiger partial charge on any atom is -0.496 e. The van der Waals surface area contributed by atoms with Gasteiger partial charge in [0.2, 0.25) is 5.88 Å². The fourth-order valence-electron chi connectivity index (χ4n) is 1.20. The van der Waals surface area contributed by atoms with Crippen LogP contribution in [-0.4, -0.2) is 25.7 Å². The van der Waals surface area contributed by atoms with Crippen LogP contribution in [-0.2, 0) is 6.42 Å². The molecule has 72 valence electrons. The second kappa shape index (κ2) is 4.67. The van der Waals surface area contributed by atoms with Gasteiger partial charge in [-0.2, -0.15) is 0 Å². The van der Waals surface area contributed by atoms with Crippen molar-refractivity contribution in [2.24, 2.45) is 5.73 Å². The summed E-state index contributed by atoms with van der Waals surface area (Å²) in [5.41, 5.74) is 6.39. The van der Waals surface area contributed by atoms with Crippen LogP contribution in [0.4, 0.5) is 0 Å². The highest BCUT2D eigenvalue weighted by Gasteiger charge is 2.09. The van der Waals surface area contributed by atoms with E-state index in [1.807, 2.05) is 0 Å². The molecule has 0 spiro atoms. The molecule has 1 aromatic heterocycles. The molecule has 1 aromatic rings. The molecule has 13 heavy (non-hydrogen) atoms. The van der Waals surface area contributed by atoms with Crippen molar-refractivity contribution in [2.75, 3.05) is 20.8 Å². The third kappa shape index (κ3) is 2.09. The molecule has 0 unspecified atom stereocenters. The maximum Gasteiger partial charge on any atom is 0.220 e.